The first kappa shape index (κ1) is 22.0. The number of hydrogen-bond acceptors (Lipinski definition) is 3. The monoisotopic (exact) mass is 402 g/mol. The molecular weight excluding hydrogens is 372 g/mol. The van der Waals surface area contributed by atoms with Crippen LogP contribution in [0.25, 0.3) is 0 Å². The Labute approximate surface area is 168 Å². The van der Waals surface area contributed by atoms with E-state index in [1.54, 1.807) is 18.2 Å². The fourth-order valence-corrected chi connectivity index (χ4v) is 4.46. The Morgan fingerprint density at radius 2 is 1.75 bits per heavy atom. The van der Waals surface area contributed by atoms with Gasteiger partial charge in [0, 0.05) is 0 Å². The number of hydrogen-bond donors (Lipinski definition) is 1. The third kappa shape index (κ3) is 5.13. The van der Waals surface area contributed by atoms with Gasteiger partial charge in [0.05, 0.1) is 18.0 Å². The average molecular weight is 403 g/mol. The van der Waals surface area contributed by atoms with Crippen LogP contribution in [-0.4, -0.2) is 26.6 Å². The molecule has 2 atom stereocenters. The van der Waals surface area contributed by atoms with Crippen molar-refractivity contribution in [3.63, 3.8) is 0 Å². The second kappa shape index (κ2) is 8.78. The van der Waals surface area contributed by atoms with Crippen LogP contribution in [0.15, 0.2) is 42.5 Å². The van der Waals surface area contributed by atoms with Gasteiger partial charge in [-0.3, -0.25) is 9.10 Å². The van der Waals surface area contributed by atoms with Crippen molar-refractivity contribution < 1.29 is 13.2 Å². The molecule has 0 heterocycles. The van der Waals surface area contributed by atoms with E-state index in [4.69, 9.17) is 0 Å². The molecule has 0 saturated heterocycles. The minimum atomic E-state index is -3.63. The average Bonchev–Trinajstić information content (AvgIpc) is 2.60. The highest BCUT2D eigenvalue weighted by molar-refractivity contribution is 7.92. The third-order valence-corrected chi connectivity index (χ3v) is 6.16. The Morgan fingerprint density at radius 1 is 1.07 bits per heavy atom. The maximum absolute atomic E-state index is 13.0. The summed E-state index contributed by atoms with van der Waals surface area (Å²) in [6.45, 7) is 9.70. The first-order chi connectivity index (χ1) is 13.0. The molecule has 0 unspecified atom stereocenters. The molecule has 2 aromatic carbocycles. The summed E-state index contributed by atoms with van der Waals surface area (Å²) in [7, 11) is -3.63. The Kier molecular flexibility index (Phi) is 6.88. The van der Waals surface area contributed by atoms with Crippen LogP contribution in [0.2, 0.25) is 0 Å². The molecule has 152 valence electrons. The number of carbonyl (C=O) groups is 1. The second-order valence-corrected chi connectivity index (χ2v) is 9.26. The van der Waals surface area contributed by atoms with Gasteiger partial charge >= 0.3 is 0 Å². The van der Waals surface area contributed by atoms with Crippen LogP contribution in [0.1, 0.15) is 48.6 Å². The SMILES string of the molecule is CC[C@@H](C(=O)N[C@H](C)c1ccc(C)c(C)c1)N(c1cccc(C)c1)S(C)(=O)=O. The number of amides is 1. The van der Waals surface area contributed by atoms with Gasteiger partial charge in [0.2, 0.25) is 15.9 Å². The van der Waals surface area contributed by atoms with Crippen LogP contribution in [0.3, 0.4) is 0 Å². The highest BCUT2D eigenvalue weighted by Gasteiger charge is 2.32. The van der Waals surface area contributed by atoms with Crippen molar-refractivity contribution in [3.05, 3.63) is 64.7 Å². The molecule has 0 aliphatic heterocycles. The van der Waals surface area contributed by atoms with Crippen LogP contribution < -0.4 is 9.62 Å². The van der Waals surface area contributed by atoms with Gasteiger partial charge in [-0.25, -0.2) is 8.42 Å². The number of anilines is 1. The summed E-state index contributed by atoms with van der Waals surface area (Å²) in [5, 5.41) is 2.99. The number of benzene rings is 2. The van der Waals surface area contributed by atoms with E-state index in [-0.39, 0.29) is 11.9 Å². The first-order valence-electron chi connectivity index (χ1n) is 9.48. The maximum atomic E-state index is 13.0. The van der Waals surface area contributed by atoms with Crippen molar-refractivity contribution in [2.45, 2.75) is 53.1 Å². The molecule has 1 amide bonds. The van der Waals surface area contributed by atoms with Gasteiger partial charge < -0.3 is 5.32 Å². The molecule has 2 aromatic rings. The van der Waals surface area contributed by atoms with Gasteiger partial charge in [0.25, 0.3) is 0 Å². The molecule has 0 radical (unpaired) electrons. The van der Waals surface area contributed by atoms with Gasteiger partial charge in [0.1, 0.15) is 6.04 Å². The summed E-state index contributed by atoms with van der Waals surface area (Å²) in [6.07, 6.45) is 1.50. The maximum Gasteiger partial charge on any atom is 0.244 e. The Balaban J connectivity index is 2.32. The summed E-state index contributed by atoms with van der Waals surface area (Å²) >= 11 is 0. The lowest BCUT2D eigenvalue weighted by atomic mass is 10.0. The minimum Gasteiger partial charge on any atom is -0.348 e. The highest BCUT2D eigenvalue weighted by atomic mass is 32.2. The molecule has 0 bridgehead atoms. The quantitative estimate of drug-likeness (QED) is 0.760. The summed E-state index contributed by atoms with van der Waals surface area (Å²) in [4.78, 5) is 13.0. The molecule has 2 rings (SSSR count). The zero-order chi connectivity index (χ0) is 21.1. The van der Waals surface area contributed by atoms with Crippen molar-refractivity contribution in [1.29, 1.82) is 0 Å². The molecule has 0 aliphatic carbocycles. The van der Waals surface area contributed by atoms with E-state index in [0.29, 0.717) is 12.1 Å². The molecule has 0 saturated carbocycles. The predicted octanol–water partition coefficient (Wildman–Crippen LogP) is 4.03. The van der Waals surface area contributed by atoms with E-state index >= 15 is 0 Å². The number of sulfonamides is 1. The molecule has 28 heavy (non-hydrogen) atoms. The van der Waals surface area contributed by atoms with E-state index in [1.807, 2.05) is 52.8 Å². The van der Waals surface area contributed by atoms with E-state index < -0.39 is 16.1 Å². The smallest absolute Gasteiger partial charge is 0.244 e. The van der Waals surface area contributed by atoms with Crippen LogP contribution in [0.4, 0.5) is 5.69 Å². The van der Waals surface area contributed by atoms with Crippen LogP contribution in [0, 0.1) is 20.8 Å². The minimum absolute atomic E-state index is 0.222. The highest BCUT2D eigenvalue weighted by Crippen LogP contribution is 2.24. The lowest BCUT2D eigenvalue weighted by Gasteiger charge is -2.31. The van der Waals surface area contributed by atoms with Crippen molar-refractivity contribution >= 4 is 21.6 Å². The molecule has 1 N–H and O–H groups in total. The van der Waals surface area contributed by atoms with E-state index in [9.17, 15) is 13.2 Å². The normalized spacial score (nSPS) is 13.6. The lowest BCUT2D eigenvalue weighted by Crippen LogP contribution is -2.49. The standard InChI is InChI=1S/C22H30N2O3S/c1-7-21(24(28(6,26)27)20-10-8-9-15(2)13-20)22(25)23-18(5)19-12-11-16(3)17(4)14-19/h8-14,18,21H,7H2,1-6H3,(H,23,25)/t18-,21+/m1/s1. The van der Waals surface area contributed by atoms with Crippen LogP contribution >= 0.6 is 0 Å². The molecule has 6 heteroatoms. The summed E-state index contributed by atoms with van der Waals surface area (Å²) in [5.74, 6) is -0.305. The van der Waals surface area contributed by atoms with Gasteiger partial charge in [0.15, 0.2) is 0 Å². The summed E-state index contributed by atoms with van der Waals surface area (Å²) in [6, 6.07) is 12.2. The third-order valence-electron chi connectivity index (χ3n) is 4.98. The molecule has 0 aromatic heterocycles. The zero-order valence-corrected chi connectivity index (χ0v) is 18.3. The van der Waals surface area contributed by atoms with Crippen molar-refractivity contribution in [1.82, 2.24) is 5.32 Å². The fourth-order valence-electron chi connectivity index (χ4n) is 3.25. The molecule has 0 spiro atoms. The Hall–Kier alpha value is -2.34. The number of rotatable bonds is 7. The second-order valence-electron chi connectivity index (χ2n) is 7.40. The summed E-state index contributed by atoms with van der Waals surface area (Å²) < 4.78 is 26.3. The molecule has 0 fully saturated rings. The van der Waals surface area contributed by atoms with E-state index in [2.05, 4.69) is 11.4 Å². The van der Waals surface area contributed by atoms with Crippen molar-refractivity contribution in [2.75, 3.05) is 10.6 Å². The Morgan fingerprint density at radius 3 is 2.29 bits per heavy atom. The number of nitrogens with zero attached hydrogens (tertiary/aromatic N) is 1. The molecular formula is C22H30N2O3S. The number of aryl methyl sites for hydroxylation is 3. The number of nitrogens with one attached hydrogen (secondary N) is 1. The lowest BCUT2D eigenvalue weighted by molar-refractivity contribution is -0.122. The predicted molar refractivity (Wildman–Crippen MR) is 115 cm³/mol. The van der Waals surface area contributed by atoms with Crippen LogP contribution in [-0.2, 0) is 14.8 Å². The fraction of sp³-hybridized carbons (Fsp3) is 0.409. The number of carbonyl (C=O) groups excluding carboxylic acids is 1. The van der Waals surface area contributed by atoms with E-state index in [0.717, 1.165) is 22.9 Å². The first-order valence-corrected chi connectivity index (χ1v) is 11.3. The molecule has 5 nitrogen and oxygen atoms in total. The zero-order valence-electron chi connectivity index (χ0n) is 17.5. The topological polar surface area (TPSA) is 66.5 Å². The summed E-state index contributed by atoms with van der Waals surface area (Å²) in [5.41, 5.74) is 4.78. The van der Waals surface area contributed by atoms with Gasteiger partial charge in [-0.1, -0.05) is 37.3 Å². The van der Waals surface area contributed by atoms with Crippen molar-refractivity contribution in [3.8, 4) is 0 Å². The Bertz CT molecular complexity index is 954. The van der Waals surface area contributed by atoms with Gasteiger partial charge in [-0.15, -0.1) is 0 Å². The van der Waals surface area contributed by atoms with Crippen LogP contribution in [0.5, 0.6) is 0 Å². The largest absolute Gasteiger partial charge is 0.348 e. The van der Waals surface area contributed by atoms with Gasteiger partial charge in [-0.2, -0.15) is 0 Å². The molecule has 0 aliphatic rings. The van der Waals surface area contributed by atoms with Gasteiger partial charge in [-0.05, 0) is 68.5 Å². The van der Waals surface area contributed by atoms with Crippen molar-refractivity contribution in [2.24, 2.45) is 0 Å². The van der Waals surface area contributed by atoms with E-state index in [1.165, 1.54) is 9.87 Å².